The molecule has 5 nitrogen and oxygen atoms in total. The molecular weight excluding hydrogens is 180 g/mol. The zero-order valence-corrected chi connectivity index (χ0v) is 7.94. The van der Waals surface area contributed by atoms with Crippen LogP contribution in [0.15, 0.2) is 6.07 Å². The van der Waals surface area contributed by atoms with Crippen molar-refractivity contribution in [1.29, 1.82) is 0 Å². The van der Waals surface area contributed by atoms with E-state index in [9.17, 15) is 0 Å². The van der Waals surface area contributed by atoms with Gasteiger partial charge in [0, 0.05) is 25.2 Å². The van der Waals surface area contributed by atoms with Gasteiger partial charge in [0.15, 0.2) is 0 Å². The summed E-state index contributed by atoms with van der Waals surface area (Å²) in [5, 5.41) is 0. The minimum absolute atomic E-state index is 0.342. The van der Waals surface area contributed by atoms with Gasteiger partial charge in [-0.1, -0.05) is 0 Å². The summed E-state index contributed by atoms with van der Waals surface area (Å²) < 4.78 is 5.26. The highest BCUT2D eigenvalue weighted by atomic mass is 16.5. The van der Waals surface area contributed by atoms with Crippen LogP contribution in [0.2, 0.25) is 0 Å². The van der Waals surface area contributed by atoms with Crippen LogP contribution in [-0.4, -0.2) is 23.2 Å². The first-order valence-electron chi connectivity index (χ1n) is 4.73. The number of rotatable bonds is 1. The molecule has 0 unspecified atom stereocenters. The fraction of sp³-hybridized carbons (Fsp3) is 0.556. The average molecular weight is 194 g/mol. The molecule has 2 rings (SSSR count). The number of hydrogen-bond acceptors (Lipinski definition) is 5. The van der Waals surface area contributed by atoms with Crippen molar-refractivity contribution in [3.63, 3.8) is 0 Å². The SMILES string of the molecule is Nc1cc(N)nc(C2CCOCC2)n1. The van der Waals surface area contributed by atoms with Gasteiger partial charge >= 0.3 is 0 Å². The van der Waals surface area contributed by atoms with E-state index in [-0.39, 0.29) is 0 Å². The predicted octanol–water partition coefficient (Wildman–Crippen LogP) is 0.535. The van der Waals surface area contributed by atoms with Crippen molar-refractivity contribution in [3.8, 4) is 0 Å². The first kappa shape index (κ1) is 9.21. The summed E-state index contributed by atoms with van der Waals surface area (Å²) in [5.41, 5.74) is 11.2. The number of hydrogen-bond donors (Lipinski definition) is 2. The van der Waals surface area contributed by atoms with Crippen molar-refractivity contribution in [1.82, 2.24) is 9.97 Å². The molecule has 0 aliphatic carbocycles. The predicted molar refractivity (Wildman–Crippen MR) is 53.7 cm³/mol. The Morgan fingerprint density at radius 1 is 1.14 bits per heavy atom. The quantitative estimate of drug-likeness (QED) is 0.681. The molecule has 76 valence electrons. The van der Waals surface area contributed by atoms with Crippen LogP contribution in [0, 0.1) is 0 Å². The van der Waals surface area contributed by atoms with Crippen molar-refractivity contribution in [2.24, 2.45) is 0 Å². The van der Waals surface area contributed by atoms with Crippen LogP contribution in [0.3, 0.4) is 0 Å². The number of ether oxygens (including phenoxy) is 1. The van der Waals surface area contributed by atoms with Crippen molar-refractivity contribution in [2.75, 3.05) is 24.7 Å². The number of nitrogen functional groups attached to an aromatic ring is 2. The normalized spacial score (nSPS) is 18.3. The molecule has 1 aromatic rings. The summed E-state index contributed by atoms with van der Waals surface area (Å²) in [6, 6.07) is 1.57. The van der Waals surface area contributed by atoms with E-state index in [0.29, 0.717) is 17.6 Å². The third kappa shape index (κ3) is 1.93. The lowest BCUT2D eigenvalue weighted by Crippen LogP contribution is -2.17. The van der Waals surface area contributed by atoms with E-state index in [1.807, 2.05) is 0 Å². The maximum Gasteiger partial charge on any atom is 0.136 e. The van der Waals surface area contributed by atoms with E-state index in [1.165, 1.54) is 0 Å². The maximum absolute atomic E-state index is 5.60. The van der Waals surface area contributed by atoms with Crippen LogP contribution in [0.5, 0.6) is 0 Å². The molecule has 0 amide bonds. The number of nitrogens with two attached hydrogens (primary N) is 2. The first-order chi connectivity index (χ1) is 6.75. The van der Waals surface area contributed by atoms with Crippen LogP contribution >= 0.6 is 0 Å². The van der Waals surface area contributed by atoms with Crippen molar-refractivity contribution in [3.05, 3.63) is 11.9 Å². The summed E-state index contributed by atoms with van der Waals surface area (Å²) in [6.07, 6.45) is 1.89. The summed E-state index contributed by atoms with van der Waals surface area (Å²) in [4.78, 5) is 8.38. The van der Waals surface area contributed by atoms with Crippen LogP contribution in [0.25, 0.3) is 0 Å². The van der Waals surface area contributed by atoms with Gasteiger partial charge in [0.2, 0.25) is 0 Å². The molecule has 0 aromatic carbocycles. The van der Waals surface area contributed by atoms with E-state index >= 15 is 0 Å². The second-order valence-corrected chi connectivity index (χ2v) is 3.46. The molecule has 2 heterocycles. The molecular formula is C9H14N4O. The molecule has 5 heteroatoms. The van der Waals surface area contributed by atoms with Gasteiger partial charge in [-0.3, -0.25) is 0 Å². The van der Waals surface area contributed by atoms with Gasteiger partial charge in [-0.05, 0) is 12.8 Å². The molecule has 1 aliphatic heterocycles. The highest BCUT2D eigenvalue weighted by Crippen LogP contribution is 2.24. The fourth-order valence-electron chi connectivity index (χ4n) is 1.64. The first-order valence-corrected chi connectivity index (χ1v) is 4.73. The minimum Gasteiger partial charge on any atom is -0.384 e. The summed E-state index contributed by atoms with van der Waals surface area (Å²) in [5.74, 6) is 1.98. The molecule has 0 saturated carbocycles. The number of anilines is 2. The van der Waals surface area contributed by atoms with Crippen LogP contribution in [0.4, 0.5) is 11.6 Å². The third-order valence-corrected chi connectivity index (χ3v) is 2.37. The van der Waals surface area contributed by atoms with E-state index in [4.69, 9.17) is 16.2 Å². The highest BCUT2D eigenvalue weighted by Gasteiger charge is 2.19. The minimum atomic E-state index is 0.342. The van der Waals surface area contributed by atoms with Crippen molar-refractivity contribution in [2.45, 2.75) is 18.8 Å². The monoisotopic (exact) mass is 194 g/mol. The Hall–Kier alpha value is -1.36. The fourth-order valence-corrected chi connectivity index (χ4v) is 1.64. The van der Waals surface area contributed by atoms with Gasteiger partial charge in [0.05, 0.1) is 0 Å². The van der Waals surface area contributed by atoms with E-state index in [2.05, 4.69) is 9.97 Å². The Bertz CT molecular complexity index is 302. The molecule has 4 N–H and O–H groups in total. The van der Waals surface area contributed by atoms with Crippen LogP contribution in [-0.2, 0) is 4.74 Å². The molecule has 14 heavy (non-hydrogen) atoms. The van der Waals surface area contributed by atoms with E-state index in [1.54, 1.807) is 6.07 Å². The van der Waals surface area contributed by atoms with Crippen LogP contribution < -0.4 is 11.5 Å². The third-order valence-electron chi connectivity index (χ3n) is 2.37. The number of aromatic nitrogens is 2. The molecule has 0 atom stereocenters. The lowest BCUT2D eigenvalue weighted by molar-refractivity contribution is 0.0836. The second kappa shape index (κ2) is 3.79. The van der Waals surface area contributed by atoms with Gasteiger partial charge in [-0.15, -0.1) is 0 Å². The molecule has 1 fully saturated rings. The zero-order valence-electron chi connectivity index (χ0n) is 7.94. The Labute approximate surface area is 82.5 Å². The lowest BCUT2D eigenvalue weighted by atomic mass is 9.99. The Kier molecular flexibility index (Phi) is 2.49. The average Bonchev–Trinajstić information content (AvgIpc) is 2.18. The molecule has 0 spiro atoms. The Balaban J connectivity index is 2.21. The van der Waals surface area contributed by atoms with Gasteiger partial charge in [0.25, 0.3) is 0 Å². The Morgan fingerprint density at radius 3 is 2.29 bits per heavy atom. The van der Waals surface area contributed by atoms with Crippen LogP contribution in [0.1, 0.15) is 24.6 Å². The Morgan fingerprint density at radius 2 is 1.71 bits per heavy atom. The van der Waals surface area contributed by atoms with Gasteiger partial charge < -0.3 is 16.2 Å². The van der Waals surface area contributed by atoms with Crippen molar-refractivity contribution >= 4 is 11.6 Å². The van der Waals surface area contributed by atoms with E-state index < -0.39 is 0 Å². The lowest BCUT2D eigenvalue weighted by Gasteiger charge is -2.20. The van der Waals surface area contributed by atoms with Gasteiger partial charge in [-0.25, -0.2) is 9.97 Å². The summed E-state index contributed by atoms with van der Waals surface area (Å²) in [7, 11) is 0. The largest absolute Gasteiger partial charge is 0.384 e. The zero-order chi connectivity index (χ0) is 9.97. The smallest absolute Gasteiger partial charge is 0.136 e. The molecule has 0 radical (unpaired) electrons. The van der Waals surface area contributed by atoms with Gasteiger partial charge in [-0.2, -0.15) is 0 Å². The molecule has 1 aliphatic rings. The highest BCUT2D eigenvalue weighted by molar-refractivity contribution is 5.41. The molecule has 1 saturated heterocycles. The standard InChI is InChI=1S/C9H14N4O/c10-7-5-8(11)13-9(12-7)6-1-3-14-4-2-6/h5-6H,1-4H2,(H4,10,11,12,13). The van der Waals surface area contributed by atoms with E-state index in [0.717, 1.165) is 31.9 Å². The topological polar surface area (TPSA) is 87.1 Å². The molecule has 0 bridgehead atoms. The summed E-state index contributed by atoms with van der Waals surface area (Å²) >= 11 is 0. The summed E-state index contributed by atoms with van der Waals surface area (Å²) in [6.45, 7) is 1.53. The molecule has 1 aromatic heterocycles. The maximum atomic E-state index is 5.60. The number of nitrogens with zero attached hydrogens (tertiary/aromatic N) is 2. The van der Waals surface area contributed by atoms with Crippen molar-refractivity contribution < 1.29 is 4.74 Å². The second-order valence-electron chi connectivity index (χ2n) is 3.46. The van der Waals surface area contributed by atoms with Gasteiger partial charge in [0.1, 0.15) is 17.5 Å².